The molecule has 2 aromatic carbocycles. The Kier molecular flexibility index (Phi) is 6.48. The highest BCUT2D eigenvalue weighted by atomic mass is 32.2. The number of ether oxygens (including phenoxy) is 1. The van der Waals surface area contributed by atoms with Gasteiger partial charge >= 0.3 is 0 Å². The zero-order valence-electron chi connectivity index (χ0n) is 14.2. The van der Waals surface area contributed by atoms with Crippen LogP contribution in [0.3, 0.4) is 0 Å². The highest BCUT2D eigenvalue weighted by molar-refractivity contribution is 7.89. The van der Waals surface area contributed by atoms with Crippen LogP contribution in [0.2, 0.25) is 0 Å². The molecule has 1 amide bonds. The SMILES string of the molecule is C=CCN(CC(=O)Nc1cccc(F)c1)S(=O)(=O)c1ccc(OC)cc1. The third-order valence-corrected chi connectivity index (χ3v) is 5.28. The van der Waals surface area contributed by atoms with Crippen molar-refractivity contribution in [3.05, 3.63) is 67.0 Å². The first-order valence-electron chi connectivity index (χ1n) is 7.67. The van der Waals surface area contributed by atoms with Gasteiger partial charge < -0.3 is 10.1 Å². The maximum atomic E-state index is 13.2. The van der Waals surface area contributed by atoms with Crippen LogP contribution < -0.4 is 10.1 Å². The van der Waals surface area contributed by atoms with Gasteiger partial charge in [0.05, 0.1) is 18.6 Å². The molecule has 0 saturated carbocycles. The molecule has 6 nitrogen and oxygen atoms in total. The summed E-state index contributed by atoms with van der Waals surface area (Å²) in [6.07, 6.45) is 1.39. The highest BCUT2D eigenvalue weighted by Crippen LogP contribution is 2.19. The zero-order valence-corrected chi connectivity index (χ0v) is 15.0. The lowest BCUT2D eigenvalue weighted by Gasteiger charge is -2.20. The highest BCUT2D eigenvalue weighted by Gasteiger charge is 2.25. The molecule has 0 aliphatic carbocycles. The van der Waals surface area contributed by atoms with Crippen molar-refractivity contribution in [2.75, 3.05) is 25.5 Å². The van der Waals surface area contributed by atoms with Gasteiger partial charge in [-0.25, -0.2) is 12.8 Å². The van der Waals surface area contributed by atoms with E-state index < -0.39 is 28.3 Å². The number of benzene rings is 2. The number of carbonyl (C=O) groups is 1. The molecule has 2 rings (SSSR count). The fourth-order valence-corrected chi connectivity index (χ4v) is 3.58. The summed E-state index contributed by atoms with van der Waals surface area (Å²) in [7, 11) is -2.44. The fourth-order valence-electron chi connectivity index (χ4n) is 2.22. The Morgan fingerprint density at radius 1 is 1.27 bits per heavy atom. The van der Waals surface area contributed by atoms with Crippen LogP contribution >= 0.6 is 0 Å². The van der Waals surface area contributed by atoms with Crippen LogP contribution in [-0.4, -0.2) is 38.8 Å². The van der Waals surface area contributed by atoms with E-state index in [0.717, 1.165) is 10.4 Å². The summed E-state index contributed by atoms with van der Waals surface area (Å²) < 4.78 is 44.7. The predicted molar refractivity (Wildman–Crippen MR) is 97.0 cm³/mol. The molecule has 0 heterocycles. The van der Waals surface area contributed by atoms with Crippen LogP contribution in [0.15, 0.2) is 66.1 Å². The fraction of sp³-hybridized carbons (Fsp3) is 0.167. The van der Waals surface area contributed by atoms with E-state index in [4.69, 9.17) is 4.74 Å². The number of carbonyl (C=O) groups excluding carboxylic acids is 1. The maximum Gasteiger partial charge on any atom is 0.243 e. The molecule has 0 atom stereocenters. The molecular formula is C18H19FN2O4S. The summed E-state index contributed by atoms with van der Waals surface area (Å²) in [6.45, 7) is 3.05. The first-order valence-corrected chi connectivity index (χ1v) is 9.11. The van der Waals surface area contributed by atoms with Gasteiger partial charge in [-0.15, -0.1) is 6.58 Å². The molecule has 0 aliphatic heterocycles. The number of methoxy groups -OCH3 is 1. The number of halogens is 1. The molecule has 0 aliphatic rings. The molecule has 26 heavy (non-hydrogen) atoms. The molecule has 0 aromatic heterocycles. The Labute approximate surface area is 151 Å². The second kappa shape index (κ2) is 8.59. The van der Waals surface area contributed by atoms with Gasteiger partial charge in [0.2, 0.25) is 15.9 Å². The van der Waals surface area contributed by atoms with Crippen molar-refractivity contribution in [2.45, 2.75) is 4.90 Å². The third kappa shape index (κ3) is 4.90. The lowest BCUT2D eigenvalue weighted by molar-refractivity contribution is -0.116. The number of rotatable bonds is 8. The van der Waals surface area contributed by atoms with Crippen LogP contribution in [0.4, 0.5) is 10.1 Å². The van der Waals surface area contributed by atoms with Gasteiger partial charge in [0.15, 0.2) is 0 Å². The molecule has 0 radical (unpaired) electrons. The summed E-state index contributed by atoms with van der Waals surface area (Å²) in [5.74, 6) is -0.575. The molecule has 8 heteroatoms. The van der Waals surface area contributed by atoms with Crippen molar-refractivity contribution >= 4 is 21.6 Å². The van der Waals surface area contributed by atoms with E-state index in [0.29, 0.717) is 5.75 Å². The number of nitrogens with one attached hydrogen (secondary N) is 1. The van der Waals surface area contributed by atoms with Crippen molar-refractivity contribution in [1.29, 1.82) is 0 Å². The van der Waals surface area contributed by atoms with Gasteiger partial charge in [-0.3, -0.25) is 4.79 Å². The van der Waals surface area contributed by atoms with Crippen molar-refractivity contribution in [3.8, 4) is 5.75 Å². The van der Waals surface area contributed by atoms with Gasteiger partial charge in [0, 0.05) is 12.2 Å². The molecule has 0 saturated heterocycles. The monoisotopic (exact) mass is 378 g/mol. The lowest BCUT2D eigenvalue weighted by atomic mass is 10.3. The number of hydrogen-bond acceptors (Lipinski definition) is 4. The van der Waals surface area contributed by atoms with E-state index >= 15 is 0 Å². The summed E-state index contributed by atoms with van der Waals surface area (Å²) in [5, 5.41) is 2.47. The molecule has 1 N–H and O–H groups in total. The van der Waals surface area contributed by atoms with Crippen LogP contribution in [0.25, 0.3) is 0 Å². The summed E-state index contributed by atoms with van der Waals surface area (Å²) >= 11 is 0. The largest absolute Gasteiger partial charge is 0.497 e. The Morgan fingerprint density at radius 3 is 2.54 bits per heavy atom. The number of amides is 1. The van der Waals surface area contributed by atoms with Crippen LogP contribution in [0.1, 0.15) is 0 Å². The minimum absolute atomic E-state index is 0.0266. The van der Waals surface area contributed by atoms with Crippen LogP contribution in [-0.2, 0) is 14.8 Å². The van der Waals surface area contributed by atoms with Gasteiger partial charge in [-0.2, -0.15) is 4.31 Å². The van der Waals surface area contributed by atoms with Crippen molar-refractivity contribution in [1.82, 2.24) is 4.31 Å². The Bertz CT molecular complexity index is 882. The van der Waals surface area contributed by atoms with Gasteiger partial charge in [0.25, 0.3) is 0 Å². The first kappa shape index (κ1) is 19.6. The Morgan fingerprint density at radius 2 is 1.96 bits per heavy atom. The van der Waals surface area contributed by atoms with E-state index in [1.165, 1.54) is 55.7 Å². The zero-order chi connectivity index (χ0) is 19.2. The molecule has 0 fully saturated rings. The van der Waals surface area contributed by atoms with Gasteiger partial charge in [-0.1, -0.05) is 12.1 Å². The summed E-state index contributed by atoms with van der Waals surface area (Å²) in [5.41, 5.74) is 0.246. The van der Waals surface area contributed by atoms with Gasteiger partial charge in [-0.05, 0) is 42.5 Å². The topological polar surface area (TPSA) is 75.7 Å². The molecule has 0 bridgehead atoms. The number of sulfonamides is 1. The normalized spacial score (nSPS) is 11.2. The van der Waals surface area contributed by atoms with E-state index in [1.807, 2.05) is 0 Å². The standard InChI is InChI=1S/C18H19FN2O4S/c1-3-11-21(13-18(22)20-15-6-4-5-14(19)12-15)26(23,24)17-9-7-16(25-2)8-10-17/h3-10,12H,1,11,13H2,2H3,(H,20,22). The predicted octanol–water partition coefficient (Wildman–Crippen LogP) is 2.65. The molecule has 2 aromatic rings. The van der Waals surface area contributed by atoms with Crippen molar-refractivity contribution < 1.29 is 22.3 Å². The second-order valence-corrected chi connectivity index (χ2v) is 7.26. The Hall–Kier alpha value is -2.71. The lowest BCUT2D eigenvalue weighted by Crippen LogP contribution is -2.38. The third-order valence-electron chi connectivity index (χ3n) is 3.46. The summed E-state index contributed by atoms with van der Waals surface area (Å²) in [4.78, 5) is 12.2. The molecular weight excluding hydrogens is 359 g/mol. The number of nitrogens with zero attached hydrogens (tertiary/aromatic N) is 1. The number of hydrogen-bond donors (Lipinski definition) is 1. The summed E-state index contributed by atoms with van der Waals surface area (Å²) in [6, 6.07) is 11.2. The number of anilines is 1. The van der Waals surface area contributed by atoms with Crippen molar-refractivity contribution in [2.24, 2.45) is 0 Å². The second-order valence-electron chi connectivity index (χ2n) is 5.32. The van der Waals surface area contributed by atoms with Crippen molar-refractivity contribution in [3.63, 3.8) is 0 Å². The van der Waals surface area contributed by atoms with E-state index in [9.17, 15) is 17.6 Å². The molecule has 0 unspecified atom stereocenters. The maximum absolute atomic E-state index is 13.2. The smallest absolute Gasteiger partial charge is 0.243 e. The molecule has 0 spiro atoms. The van der Waals surface area contributed by atoms with E-state index in [-0.39, 0.29) is 17.1 Å². The average molecular weight is 378 g/mol. The van der Waals surface area contributed by atoms with Gasteiger partial charge in [0.1, 0.15) is 11.6 Å². The minimum Gasteiger partial charge on any atom is -0.497 e. The average Bonchev–Trinajstić information content (AvgIpc) is 2.61. The molecule has 138 valence electrons. The minimum atomic E-state index is -3.91. The van der Waals surface area contributed by atoms with E-state index in [1.54, 1.807) is 0 Å². The van der Waals surface area contributed by atoms with Crippen LogP contribution in [0.5, 0.6) is 5.75 Å². The quantitative estimate of drug-likeness (QED) is 0.717. The van der Waals surface area contributed by atoms with E-state index in [2.05, 4.69) is 11.9 Å². The first-order chi connectivity index (χ1) is 12.4. The van der Waals surface area contributed by atoms with Crippen LogP contribution in [0, 0.1) is 5.82 Å². The Balaban J connectivity index is 2.18.